The molecule has 60 valence electrons. The fourth-order valence-corrected chi connectivity index (χ4v) is 1.75. The summed E-state index contributed by atoms with van der Waals surface area (Å²) >= 11 is 6.32. The van der Waals surface area contributed by atoms with Crippen LogP contribution in [0.1, 0.15) is 18.6 Å². The van der Waals surface area contributed by atoms with E-state index < -0.39 is 6.10 Å². The highest BCUT2D eigenvalue weighted by Crippen LogP contribution is 2.21. The van der Waals surface area contributed by atoms with Crippen LogP contribution < -0.4 is 0 Å². The molecule has 11 heavy (non-hydrogen) atoms. The van der Waals surface area contributed by atoms with Crippen LogP contribution in [0.3, 0.4) is 0 Å². The van der Waals surface area contributed by atoms with Crippen molar-refractivity contribution in [2.45, 2.75) is 13.0 Å². The minimum atomic E-state index is -0.544. The molecule has 1 N–H and O–H groups in total. The zero-order valence-corrected chi connectivity index (χ0v) is 8.92. The van der Waals surface area contributed by atoms with Gasteiger partial charge in [0.15, 0.2) is 4.73 Å². The summed E-state index contributed by atoms with van der Waals surface area (Å²) in [5.41, 5.74) is 0.688. The van der Waals surface area contributed by atoms with Crippen LogP contribution >= 0.6 is 31.9 Å². The van der Waals surface area contributed by atoms with E-state index in [0.29, 0.717) is 14.9 Å². The van der Waals surface area contributed by atoms with Gasteiger partial charge in [0.1, 0.15) is 4.60 Å². The first kappa shape index (κ1) is 9.09. The van der Waals surface area contributed by atoms with Gasteiger partial charge in [-0.3, -0.25) is 0 Å². The smallest absolute Gasteiger partial charge is 0.197 e. The lowest BCUT2D eigenvalue weighted by Gasteiger charge is -2.04. The first-order valence-electron chi connectivity index (χ1n) is 2.97. The van der Waals surface area contributed by atoms with Gasteiger partial charge >= 0.3 is 0 Å². The van der Waals surface area contributed by atoms with E-state index in [9.17, 15) is 5.11 Å². The molecule has 0 spiro atoms. The van der Waals surface area contributed by atoms with Crippen molar-refractivity contribution in [3.8, 4) is 0 Å². The van der Waals surface area contributed by atoms with Gasteiger partial charge in [0.05, 0.1) is 6.10 Å². The molecule has 1 heterocycles. The van der Waals surface area contributed by atoms with Crippen molar-refractivity contribution in [2.24, 2.45) is 0 Å². The van der Waals surface area contributed by atoms with Crippen LogP contribution in [0.5, 0.6) is 0 Å². The first-order chi connectivity index (χ1) is 5.11. The average molecular weight is 282 g/mol. The predicted molar refractivity (Wildman–Crippen MR) is 48.1 cm³/mol. The Labute approximate surface area is 81.1 Å². The highest BCUT2D eigenvalue weighted by Gasteiger charge is 2.07. The van der Waals surface area contributed by atoms with E-state index in [0.717, 1.165) is 0 Å². The van der Waals surface area contributed by atoms with E-state index in [2.05, 4.69) is 41.8 Å². The SMILES string of the molecule is CC(O)c1cnc(Br)nc1Br. The largest absolute Gasteiger partial charge is 0.389 e. The van der Waals surface area contributed by atoms with Gasteiger partial charge in [-0.1, -0.05) is 0 Å². The minimum absolute atomic E-state index is 0.508. The summed E-state index contributed by atoms with van der Waals surface area (Å²) in [4.78, 5) is 7.83. The van der Waals surface area contributed by atoms with Crippen LogP contribution in [0.15, 0.2) is 15.5 Å². The number of hydrogen-bond acceptors (Lipinski definition) is 3. The van der Waals surface area contributed by atoms with E-state index >= 15 is 0 Å². The van der Waals surface area contributed by atoms with Gasteiger partial charge in [-0.25, -0.2) is 9.97 Å². The molecule has 0 radical (unpaired) electrons. The molecule has 1 rings (SSSR count). The lowest BCUT2D eigenvalue weighted by Crippen LogP contribution is -1.96. The second-order valence-electron chi connectivity index (χ2n) is 2.06. The van der Waals surface area contributed by atoms with Crippen LogP contribution in [0.2, 0.25) is 0 Å². The molecule has 0 amide bonds. The summed E-state index contributed by atoms with van der Waals surface area (Å²) in [5, 5.41) is 9.17. The van der Waals surface area contributed by atoms with E-state index in [4.69, 9.17) is 0 Å². The summed E-state index contributed by atoms with van der Waals surface area (Å²) in [7, 11) is 0. The lowest BCUT2D eigenvalue weighted by atomic mass is 10.2. The molecule has 1 aromatic heterocycles. The molecule has 0 aromatic carbocycles. The number of aromatic nitrogens is 2. The van der Waals surface area contributed by atoms with E-state index in [1.165, 1.54) is 0 Å². The van der Waals surface area contributed by atoms with Crippen LogP contribution in [-0.2, 0) is 0 Å². The van der Waals surface area contributed by atoms with Gasteiger partial charge in [0, 0.05) is 11.8 Å². The summed E-state index contributed by atoms with van der Waals surface area (Å²) in [6.07, 6.45) is 1.03. The molecule has 0 saturated carbocycles. The highest BCUT2D eigenvalue weighted by molar-refractivity contribution is 9.11. The van der Waals surface area contributed by atoms with Crippen molar-refractivity contribution in [1.29, 1.82) is 0 Å². The Kier molecular flexibility index (Phi) is 2.98. The van der Waals surface area contributed by atoms with Crippen molar-refractivity contribution in [2.75, 3.05) is 0 Å². The Morgan fingerprint density at radius 2 is 2.18 bits per heavy atom. The van der Waals surface area contributed by atoms with Crippen LogP contribution in [-0.4, -0.2) is 15.1 Å². The Morgan fingerprint density at radius 1 is 1.55 bits per heavy atom. The fourth-order valence-electron chi connectivity index (χ4n) is 0.631. The van der Waals surface area contributed by atoms with E-state index in [1.807, 2.05) is 0 Å². The summed E-state index contributed by atoms with van der Waals surface area (Å²) < 4.78 is 1.13. The Bertz CT molecular complexity index is 265. The van der Waals surface area contributed by atoms with Gasteiger partial charge in [0.25, 0.3) is 0 Å². The normalized spacial score (nSPS) is 13.1. The first-order valence-corrected chi connectivity index (χ1v) is 4.56. The monoisotopic (exact) mass is 280 g/mol. The van der Waals surface area contributed by atoms with Crippen LogP contribution in [0.25, 0.3) is 0 Å². The maximum atomic E-state index is 9.17. The molecule has 1 aromatic rings. The van der Waals surface area contributed by atoms with Gasteiger partial charge in [-0.2, -0.15) is 0 Å². The molecule has 0 bridgehead atoms. The Hall–Kier alpha value is -0.0000000000000000555. The standard InChI is InChI=1S/C6H6Br2N2O/c1-3(11)4-2-9-6(8)10-5(4)7/h2-3,11H,1H3. The van der Waals surface area contributed by atoms with Gasteiger partial charge in [-0.15, -0.1) is 0 Å². The van der Waals surface area contributed by atoms with Gasteiger partial charge < -0.3 is 5.11 Å². The summed E-state index contributed by atoms with van der Waals surface area (Å²) in [6, 6.07) is 0. The molecule has 1 atom stereocenters. The third-order valence-electron chi connectivity index (χ3n) is 1.19. The van der Waals surface area contributed by atoms with Gasteiger partial charge in [-0.05, 0) is 38.8 Å². The summed E-state index contributed by atoms with van der Waals surface area (Å²) in [5.74, 6) is 0. The van der Waals surface area contributed by atoms with E-state index in [-0.39, 0.29) is 0 Å². The average Bonchev–Trinajstić information content (AvgIpc) is 1.85. The third kappa shape index (κ3) is 2.21. The maximum Gasteiger partial charge on any atom is 0.197 e. The number of hydrogen-bond donors (Lipinski definition) is 1. The molecule has 3 nitrogen and oxygen atoms in total. The highest BCUT2D eigenvalue weighted by atomic mass is 79.9. The zero-order chi connectivity index (χ0) is 8.43. The second-order valence-corrected chi connectivity index (χ2v) is 3.52. The Balaban J connectivity index is 3.09. The van der Waals surface area contributed by atoms with Gasteiger partial charge in [0.2, 0.25) is 0 Å². The fraction of sp³-hybridized carbons (Fsp3) is 0.333. The molecule has 1 unspecified atom stereocenters. The molecule has 0 aliphatic rings. The molecular formula is C6H6Br2N2O. The van der Waals surface area contributed by atoms with Crippen molar-refractivity contribution < 1.29 is 5.11 Å². The quantitative estimate of drug-likeness (QED) is 0.633. The molecule has 0 fully saturated rings. The van der Waals surface area contributed by atoms with Crippen molar-refractivity contribution in [3.63, 3.8) is 0 Å². The second kappa shape index (κ2) is 3.60. The maximum absolute atomic E-state index is 9.17. The molecule has 0 aliphatic carbocycles. The molecule has 5 heteroatoms. The molecule has 0 aliphatic heterocycles. The number of rotatable bonds is 1. The van der Waals surface area contributed by atoms with Crippen molar-refractivity contribution in [3.05, 3.63) is 21.1 Å². The number of nitrogens with zero attached hydrogens (tertiary/aromatic N) is 2. The number of halogens is 2. The predicted octanol–water partition coefficient (Wildman–Crippen LogP) is 2.05. The van der Waals surface area contributed by atoms with Crippen LogP contribution in [0, 0.1) is 0 Å². The number of aliphatic hydroxyl groups is 1. The summed E-state index contributed by atoms with van der Waals surface area (Å²) in [6.45, 7) is 1.66. The van der Waals surface area contributed by atoms with Crippen molar-refractivity contribution in [1.82, 2.24) is 9.97 Å². The lowest BCUT2D eigenvalue weighted by molar-refractivity contribution is 0.197. The number of aliphatic hydroxyl groups excluding tert-OH is 1. The minimum Gasteiger partial charge on any atom is -0.389 e. The molecule has 0 saturated heterocycles. The molecular weight excluding hydrogens is 276 g/mol. The van der Waals surface area contributed by atoms with E-state index in [1.54, 1.807) is 13.1 Å². The van der Waals surface area contributed by atoms with Crippen molar-refractivity contribution >= 4 is 31.9 Å². The Morgan fingerprint density at radius 3 is 2.64 bits per heavy atom. The third-order valence-corrected chi connectivity index (χ3v) is 2.21. The van der Waals surface area contributed by atoms with Crippen LogP contribution in [0.4, 0.5) is 0 Å². The topological polar surface area (TPSA) is 46.0 Å². The zero-order valence-electron chi connectivity index (χ0n) is 5.75.